The largest absolute Gasteiger partial charge is 3.00 e. The Kier molecular flexibility index (Phi) is 53.6. The third-order valence-corrected chi connectivity index (χ3v) is 0. The zero-order chi connectivity index (χ0) is 10.7. The van der Waals surface area contributed by atoms with Crippen LogP contribution in [0.1, 0.15) is 0 Å². The maximum absolute atomic E-state index is 8.44. The Labute approximate surface area is 151 Å². The molecule has 9 nitrogen and oxygen atoms in total. The predicted octanol–water partition coefficient (Wildman–Crippen LogP) is -3.01. The van der Waals surface area contributed by atoms with Crippen LogP contribution in [-0.4, -0.2) is 39.9 Å². The molecule has 0 saturated heterocycles. The Hall–Kier alpha value is 2.86. The van der Waals surface area contributed by atoms with E-state index < -0.39 is 34.1 Å². The van der Waals surface area contributed by atoms with Gasteiger partial charge >= 0.3 is 79.9 Å². The Morgan fingerprint density at radius 3 is 0.500 bits per heavy atom. The van der Waals surface area contributed by atoms with Crippen LogP contribution in [0.25, 0.3) is 0 Å². The molecule has 0 heterocycles. The zero-order valence-electron chi connectivity index (χ0n) is 5.61. The van der Waals surface area contributed by atoms with E-state index in [-0.39, 0.29) is 79.9 Å². The van der Waals surface area contributed by atoms with E-state index in [2.05, 4.69) is 0 Å². The minimum absolute atomic E-state index is 0. The van der Waals surface area contributed by atoms with Gasteiger partial charge in [-0.25, -0.2) is 0 Å². The summed E-state index contributed by atoms with van der Waals surface area (Å²) in [4.78, 5) is 0. The van der Waals surface area contributed by atoms with Crippen molar-refractivity contribution in [3.63, 3.8) is 0 Å². The summed E-state index contributed by atoms with van der Waals surface area (Å²) in [5.74, 6) is 0. The second-order valence-corrected chi connectivity index (χ2v) is 1.84. The van der Waals surface area contributed by atoms with Crippen LogP contribution < -0.4 is 0 Å². The molecule has 0 unspecified atom stereocenters. The van der Waals surface area contributed by atoms with E-state index in [9.17, 15) is 0 Å². The molecule has 14 heteroatoms. The van der Waals surface area contributed by atoms with Gasteiger partial charge in [-0.15, -0.1) is 34.1 Å². The number of hydrogen-bond acceptors (Lipinski definition) is 9. The molecule has 0 aliphatic rings. The molecule has 0 saturated carbocycles. The van der Waals surface area contributed by atoms with Crippen LogP contribution in [0.4, 0.5) is 0 Å². The molecule has 0 aromatic heterocycles. The fraction of sp³-hybridized carbons (Fsp3) is 0. The Bertz CT molecular complexity index is 116. The maximum Gasteiger partial charge on any atom is 3.00 e. The molecule has 0 aromatic carbocycles. The average Bonchev–Trinajstić information content (AvgIpc) is 1.54. The topological polar surface area (TPSA) is 190 Å². The molecule has 0 N–H and O–H groups in total. The van der Waals surface area contributed by atoms with Gasteiger partial charge in [0.1, 0.15) is 0 Å². The summed E-state index contributed by atoms with van der Waals surface area (Å²) in [7, 11) is 0. The van der Waals surface area contributed by atoms with Crippen LogP contribution in [-0.2, 0) is 34.1 Å². The molecule has 0 aliphatic heterocycles. The summed E-state index contributed by atoms with van der Waals surface area (Å²) < 4.78 is 76.0. The van der Waals surface area contributed by atoms with Crippen molar-refractivity contribution in [1.29, 1.82) is 0 Å². The molecule has 14 heavy (non-hydrogen) atoms. The molecular weight excluding hydrogens is 555 g/mol. The Balaban J connectivity index is -0.0000000270. The molecule has 0 bridgehead atoms. The first-order chi connectivity index (χ1) is 5.20. The van der Waals surface area contributed by atoms with Crippen molar-refractivity contribution in [1.82, 2.24) is 0 Å². The van der Waals surface area contributed by atoms with Crippen LogP contribution in [0.3, 0.4) is 0 Å². The molecule has 0 rings (SSSR count). The second kappa shape index (κ2) is 24.9. The van der Waals surface area contributed by atoms with E-state index in [1.807, 2.05) is 0 Å². The first-order valence-electron chi connectivity index (χ1n) is 1.50. The van der Waals surface area contributed by atoms with Crippen LogP contribution in [0.5, 0.6) is 0 Å². The van der Waals surface area contributed by atoms with Gasteiger partial charge in [0.15, 0.2) is 0 Å². The number of rotatable bonds is 0. The second-order valence-electron chi connectivity index (χ2n) is 0.612. The van der Waals surface area contributed by atoms with Crippen molar-refractivity contribution in [2.24, 2.45) is 0 Å². The molecular formula is Gd2O9S3. The fourth-order valence-corrected chi connectivity index (χ4v) is 0. The molecule has 88 valence electrons. The molecule has 0 fully saturated rings. The van der Waals surface area contributed by atoms with Gasteiger partial charge in [-0.05, 0) is 0 Å². The van der Waals surface area contributed by atoms with Gasteiger partial charge in [0.2, 0.25) is 0 Å². The third kappa shape index (κ3) is 349. The summed E-state index contributed by atoms with van der Waals surface area (Å²) in [5, 5.41) is 0. The normalized spacial score (nSPS) is 7.50. The van der Waals surface area contributed by atoms with Crippen molar-refractivity contribution in [2.45, 2.75) is 0 Å². The summed E-state index contributed by atoms with van der Waals surface area (Å²) in [5.41, 5.74) is 0. The van der Waals surface area contributed by atoms with E-state index in [4.69, 9.17) is 39.9 Å². The minimum atomic E-state index is -3.11. The SMILES string of the molecule is O=S([O-])[O-].O=S([O-])[O-].O=S([O-])[O-].[Gd+3].[Gd+3]. The molecule has 0 amide bonds. The van der Waals surface area contributed by atoms with Crippen molar-refractivity contribution < 1.29 is 120 Å². The summed E-state index contributed by atoms with van der Waals surface area (Å²) in [6, 6.07) is 0. The van der Waals surface area contributed by atoms with Crippen molar-refractivity contribution in [3.05, 3.63) is 0 Å². The summed E-state index contributed by atoms with van der Waals surface area (Å²) in [6.45, 7) is 0. The first kappa shape index (κ1) is 30.2. The standard InChI is InChI=1S/2Gd.3H2O3S/c;;3*1-4(2)3/h;;3*(H2,1,2,3)/q2*+3;;;/p-6. The summed E-state index contributed by atoms with van der Waals surface area (Å²) in [6.07, 6.45) is 0. The van der Waals surface area contributed by atoms with Crippen LogP contribution in [0.15, 0.2) is 0 Å². The van der Waals surface area contributed by atoms with Crippen molar-refractivity contribution in [2.75, 3.05) is 0 Å². The maximum atomic E-state index is 8.44. The monoisotopic (exact) mass is 556 g/mol. The predicted molar refractivity (Wildman–Crippen MR) is 29.1 cm³/mol. The van der Waals surface area contributed by atoms with Gasteiger partial charge in [-0.1, -0.05) is 0 Å². The molecule has 2 radical (unpaired) electrons. The smallest absolute Gasteiger partial charge is 0.784 e. The molecule has 0 aliphatic carbocycles. The third-order valence-electron chi connectivity index (χ3n) is 0. The van der Waals surface area contributed by atoms with Gasteiger partial charge in [-0.2, -0.15) is 0 Å². The van der Waals surface area contributed by atoms with E-state index in [0.717, 1.165) is 0 Å². The van der Waals surface area contributed by atoms with Crippen LogP contribution in [0, 0.1) is 79.9 Å². The van der Waals surface area contributed by atoms with E-state index in [0.29, 0.717) is 0 Å². The van der Waals surface area contributed by atoms with Crippen molar-refractivity contribution in [3.8, 4) is 0 Å². The van der Waals surface area contributed by atoms with Gasteiger partial charge in [-0.3, -0.25) is 12.6 Å². The van der Waals surface area contributed by atoms with Crippen LogP contribution >= 0.6 is 0 Å². The van der Waals surface area contributed by atoms with Crippen LogP contribution in [0.2, 0.25) is 0 Å². The van der Waals surface area contributed by atoms with E-state index >= 15 is 0 Å². The molecule has 0 aromatic rings. The van der Waals surface area contributed by atoms with Gasteiger partial charge in [0.25, 0.3) is 0 Å². The first-order valence-corrected chi connectivity index (χ1v) is 4.50. The quantitative estimate of drug-likeness (QED) is 0.281. The fourth-order valence-electron chi connectivity index (χ4n) is 0. The van der Waals surface area contributed by atoms with Gasteiger partial charge in [0, 0.05) is 0 Å². The minimum Gasteiger partial charge on any atom is -0.784 e. The van der Waals surface area contributed by atoms with Crippen molar-refractivity contribution >= 4 is 34.1 Å². The molecule has 0 spiro atoms. The van der Waals surface area contributed by atoms with E-state index in [1.165, 1.54) is 0 Å². The van der Waals surface area contributed by atoms with Gasteiger partial charge in [0.05, 0.1) is 0 Å². The number of hydrogen-bond donors (Lipinski definition) is 0. The Morgan fingerprint density at radius 1 is 0.500 bits per heavy atom. The zero-order valence-corrected chi connectivity index (χ0v) is 12.6. The van der Waals surface area contributed by atoms with Gasteiger partial charge < -0.3 is 27.3 Å². The Morgan fingerprint density at radius 2 is 0.500 bits per heavy atom. The van der Waals surface area contributed by atoms with E-state index in [1.54, 1.807) is 0 Å². The molecule has 0 atom stereocenters. The summed E-state index contributed by atoms with van der Waals surface area (Å²) >= 11 is -9.33. The average molecular weight is 555 g/mol.